The number of carbonyl (C=O) groups excluding carboxylic acids is 1. The minimum Gasteiger partial charge on any atom is -0.394 e. The van der Waals surface area contributed by atoms with Crippen molar-refractivity contribution in [2.24, 2.45) is 0 Å². The Bertz CT molecular complexity index is 1080. The molecule has 0 radical (unpaired) electrons. The lowest BCUT2D eigenvalue weighted by molar-refractivity contribution is -0.359. The summed E-state index contributed by atoms with van der Waals surface area (Å²) in [6, 6.07) is -0.670. The van der Waals surface area contributed by atoms with Gasteiger partial charge in [-0.05, 0) is 19.3 Å². The van der Waals surface area contributed by atoms with Crippen molar-refractivity contribution in [3.05, 3.63) is 12.2 Å². The van der Waals surface area contributed by atoms with Crippen LogP contribution in [0.15, 0.2) is 12.2 Å². The molecule has 14 nitrogen and oxygen atoms in total. The van der Waals surface area contributed by atoms with Crippen LogP contribution in [-0.2, 0) is 28.5 Å². The molecule has 2 heterocycles. The molecular formula is C47H89NO13. The van der Waals surface area contributed by atoms with E-state index in [1.165, 1.54) is 122 Å². The summed E-state index contributed by atoms with van der Waals surface area (Å²) in [6.45, 7) is 2.95. The number of nitrogens with one attached hydrogen (secondary N) is 1. The Labute approximate surface area is 368 Å². The van der Waals surface area contributed by atoms with Crippen molar-refractivity contribution in [1.82, 2.24) is 5.32 Å². The first kappa shape index (κ1) is 55.9. The molecular weight excluding hydrogens is 787 g/mol. The zero-order valence-corrected chi connectivity index (χ0v) is 38.2. The highest BCUT2D eigenvalue weighted by Gasteiger charge is 2.51. The predicted molar refractivity (Wildman–Crippen MR) is 236 cm³/mol. The molecule has 360 valence electrons. The van der Waals surface area contributed by atoms with Crippen molar-refractivity contribution in [3.8, 4) is 0 Å². The Hall–Kier alpha value is -1.27. The molecule has 0 bridgehead atoms. The molecule has 0 aliphatic carbocycles. The highest BCUT2D eigenvalue weighted by molar-refractivity contribution is 5.76. The average Bonchev–Trinajstić information content (AvgIpc) is 3.26. The summed E-state index contributed by atoms with van der Waals surface area (Å²) in [5.74, 6) is -0.149. The summed E-state index contributed by atoms with van der Waals surface area (Å²) in [7, 11) is 1.56. The van der Waals surface area contributed by atoms with Gasteiger partial charge in [0.15, 0.2) is 12.6 Å². The molecule has 8 N–H and O–H groups in total. The molecule has 0 saturated carbocycles. The highest BCUT2D eigenvalue weighted by atomic mass is 16.7. The molecule has 2 rings (SSSR count). The van der Waals surface area contributed by atoms with Crippen LogP contribution in [0.25, 0.3) is 0 Å². The third kappa shape index (κ3) is 22.5. The molecule has 12 atom stereocenters. The number of ether oxygens (including phenoxy) is 5. The third-order valence-electron chi connectivity index (χ3n) is 12.2. The van der Waals surface area contributed by atoms with Gasteiger partial charge in [0.2, 0.25) is 5.91 Å². The molecule has 2 aliphatic rings. The van der Waals surface area contributed by atoms with Crippen molar-refractivity contribution in [2.45, 2.75) is 254 Å². The van der Waals surface area contributed by atoms with Crippen LogP contribution in [0.3, 0.4) is 0 Å². The highest BCUT2D eigenvalue weighted by Crippen LogP contribution is 2.30. The lowest BCUT2D eigenvalue weighted by Gasteiger charge is -2.46. The molecule has 0 spiro atoms. The van der Waals surface area contributed by atoms with Crippen molar-refractivity contribution in [3.63, 3.8) is 0 Å². The van der Waals surface area contributed by atoms with Crippen LogP contribution in [0.5, 0.6) is 0 Å². The van der Waals surface area contributed by atoms with Crippen molar-refractivity contribution in [1.29, 1.82) is 0 Å². The van der Waals surface area contributed by atoms with Crippen LogP contribution in [0.2, 0.25) is 0 Å². The summed E-state index contributed by atoms with van der Waals surface area (Å²) < 4.78 is 28.7. The average molecular weight is 876 g/mol. The van der Waals surface area contributed by atoms with E-state index in [-0.39, 0.29) is 12.5 Å². The molecule has 0 aromatic rings. The van der Waals surface area contributed by atoms with E-state index < -0.39 is 86.8 Å². The molecule has 1 amide bonds. The van der Waals surface area contributed by atoms with Crippen LogP contribution in [0.4, 0.5) is 0 Å². The van der Waals surface area contributed by atoms with Crippen LogP contribution in [0, 0.1) is 0 Å². The number of methoxy groups -OCH3 is 1. The van der Waals surface area contributed by atoms with E-state index in [0.717, 1.165) is 38.5 Å². The van der Waals surface area contributed by atoms with Gasteiger partial charge in [0, 0.05) is 13.5 Å². The Balaban J connectivity index is 1.93. The Morgan fingerprint density at radius 1 is 0.590 bits per heavy atom. The van der Waals surface area contributed by atoms with Crippen LogP contribution in [-0.4, -0.2) is 142 Å². The van der Waals surface area contributed by atoms with Crippen molar-refractivity contribution < 1.29 is 64.2 Å². The summed E-state index contributed by atoms with van der Waals surface area (Å²) >= 11 is 0. The Morgan fingerprint density at radius 3 is 1.54 bits per heavy atom. The number of unbranched alkanes of at least 4 members (excludes halogenated alkanes) is 23. The summed E-state index contributed by atoms with van der Waals surface area (Å²) in [6.07, 6.45) is 18.6. The molecule has 61 heavy (non-hydrogen) atoms. The Morgan fingerprint density at radius 2 is 1.05 bits per heavy atom. The second kappa shape index (κ2) is 35.0. The van der Waals surface area contributed by atoms with Gasteiger partial charge in [0.25, 0.3) is 0 Å². The first-order valence-electron chi connectivity index (χ1n) is 24.3. The maximum atomic E-state index is 13.3. The first-order chi connectivity index (χ1) is 29.6. The number of aliphatic hydroxyl groups is 7. The quantitative estimate of drug-likeness (QED) is 0.0271. The number of rotatable bonds is 37. The van der Waals surface area contributed by atoms with E-state index >= 15 is 0 Å². The number of hydrogen-bond donors (Lipinski definition) is 8. The number of hydrogen-bond acceptors (Lipinski definition) is 13. The van der Waals surface area contributed by atoms with Crippen molar-refractivity contribution in [2.75, 3.05) is 26.9 Å². The van der Waals surface area contributed by atoms with E-state index in [2.05, 4.69) is 25.2 Å². The van der Waals surface area contributed by atoms with Gasteiger partial charge in [-0.15, -0.1) is 0 Å². The fraction of sp³-hybridized carbons (Fsp3) is 0.936. The molecule has 0 aromatic heterocycles. The van der Waals surface area contributed by atoms with Crippen molar-refractivity contribution >= 4 is 5.91 Å². The fourth-order valence-corrected chi connectivity index (χ4v) is 8.23. The smallest absolute Gasteiger partial charge is 0.220 e. The number of carbonyl (C=O) groups is 1. The molecule has 2 aliphatic heterocycles. The van der Waals surface area contributed by atoms with Gasteiger partial charge >= 0.3 is 0 Å². The number of amides is 1. The normalized spacial score (nSPS) is 28.0. The third-order valence-corrected chi connectivity index (χ3v) is 12.2. The summed E-state index contributed by atoms with van der Waals surface area (Å²) in [5.41, 5.74) is 0. The topological polar surface area (TPSA) is 217 Å². The molecule has 10 unspecified atom stereocenters. The molecule has 2 saturated heterocycles. The minimum absolute atomic E-state index is 0.149. The van der Waals surface area contributed by atoms with E-state index in [4.69, 9.17) is 23.7 Å². The standard InChI is InChI=1S/C47H89NO13/c1-4-6-8-10-12-14-16-18-20-22-24-26-28-30-36(57-3)35(48-39(51)31-29-27-25-23-21-19-17-15-13-11-9-7-5-2)34-58-46-44(56)42(54)45(38(33-50)60-46)61-47-43(55)41(53)40(52)37(32-49)59-47/h28,30,35-38,40-47,49-50,52-56H,4-27,29,31-34H2,1-3H3,(H,48,51)/b30-28+/t35-,36-,37?,38?,40?,41?,42?,43?,44?,45?,46?,47?/m0/s1. The monoisotopic (exact) mass is 876 g/mol. The van der Waals surface area contributed by atoms with Gasteiger partial charge in [0.05, 0.1) is 32.0 Å². The van der Waals surface area contributed by atoms with Crippen LogP contribution < -0.4 is 5.32 Å². The zero-order valence-electron chi connectivity index (χ0n) is 38.2. The van der Waals surface area contributed by atoms with E-state index in [0.29, 0.717) is 6.42 Å². The van der Waals surface area contributed by atoms with Crippen LogP contribution in [0.1, 0.15) is 181 Å². The van der Waals surface area contributed by atoms with Gasteiger partial charge in [0.1, 0.15) is 48.8 Å². The minimum atomic E-state index is -1.77. The molecule has 2 fully saturated rings. The van der Waals surface area contributed by atoms with Gasteiger partial charge in [-0.2, -0.15) is 0 Å². The van der Waals surface area contributed by atoms with E-state index in [1.54, 1.807) is 7.11 Å². The summed E-state index contributed by atoms with van der Waals surface area (Å²) in [5, 5.41) is 75.8. The lowest BCUT2D eigenvalue weighted by atomic mass is 9.97. The maximum absolute atomic E-state index is 13.3. The summed E-state index contributed by atoms with van der Waals surface area (Å²) in [4.78, 5) is 13.3. The fourth-order valence-electron chi connectivity index (χ4n) is 8.23. The largest absolute Gasteiger partial charge is 0.394 e. The second-order valence-electron chi connectivity index (χ2n) is 17.5. The zero-order chi connectivity index (χ0) is 44.7. The predicted octanol–water partition coefficient (Wildman–Crippen LogP) is 5.87. The lowest BCUT2D eigenvalue weighted by Crippen LogP contribution is -2.65. The van der Waals surface area contributed by atoms with Gasteiger partial charge in [-0.1, -0.05) is 167 Å². The maximum Gasteiger partial charge on any atom is 0.220 e. The van der Waals surface area contributed by atoms with Gasteiger partial charge in [-0.3, -0.25) is 4.79 Å². The van der Waals surface area contributed by atoms with Gasteiger partial charge < -0.3 is 64.7 Å². The Kier molecular flexibility index (Phi) is 32.1. The molecule has 14 heteroatoms. The number of aliphatic hydroxyl groups excluding tert-OH is 7. The SMILES string of the molecule is CCCCCCCCCCCCC/C=C/[C@H](OC)[C@H](COC1OC(CO)C(OC2OC(CO)C(O)C(O)C2O)C(O)C1O)NC(=O)CCCCCCCCCCCCCCC. The van der Waals surface area contributed by atoms with E-state index in [1.807, 2.05) is 6.08 Å². The second-order valence-corrected chi connectivity index (χ2v) is 17.5. The van der Waals surface area contributed by atoms with Crippen LogP contribution >= 0.6 is 0 Å². The number of allylic oxidation sites excluding steroid dienone is 1. The van der Waals surface area contributed by atoms with Gasteiger partial charge in [-0.25, -0.2) is 0 Å². The molecule has 0 aromatic carbocycles. The van der Waals surface area contributed by atoms with E-state index in [9.17, 15) is 40.5 Å². The first-order valence-corrected chi connectivity index (χ1v) is 24.3.